The predicted octanol–water partition coefficient (Wildman–Crippen LogP) is 0.720. The molecular weight excluding hydrogens is 250 g/mol. The minimum absolute atomic E-state index is 0.0568. The maximum absolute atomic E-state index is 11.7. The summed E-state index contributed by atoms with van der Waals surface area (Å²) in [6.07, 6.45) is 0.720. The summed E-state index contributed by atoms with van der Waals surface area (Å²) in [6, 6.07) is 3.03. The summed E-state index contributed by atoms with van der Waals surface area (Å²) in [5.74, 6) is -0.416. The van der Waals surface area contributed by atoms with Gasteiger partial charge in [0.2, 0.25) is 5.91 Å². The van der Waals surface area contributed by atoms with Crippen molar-refractivity contribution in [3.05, 3.63) is 22.4 Å². The lowest BCUT2D eigenvalue weighted by Gasteiger charge is -2.14. The zero-order valence-corrected chi connectivity index (χ0v) is 11.4. The van der Waals surface area contributed by atoms with Crippen molar-refractivity contribution in [3.63, 3.8) is 0 Å². The number of hydrogen-bond acceptors (Lipinski definition) is 4. The standard InChI is InChI=1S/C12H19N3O2S/c1-8(13)5-6-14-11(16)9(2)15-12(17)10-4-3-7-18-10/h3-4,7-9H,5-6,13H2,1-2H3,(H,14,16)(H,15,17). The number of hydrogen-bond donors (Lipinski definition) is 3. The first-order valence-corrected chi connectivity index (χ1v) is 6.76. The number of rotatable bonds is 6. The molecule has 6 heteroatoms. The molecule has 1 rings (SSSR count). The van der Waals surface area contributed by atoms with E-state index in [0.29, 0.717) is 11.4 Å². The van der Waals surface area contributed by atoms with E-state index in [1.807, 2.05) is 12.3 Å². The normalized spacial score (nSPS) is 13.7. The Morgan fingerprint density at radius 3 is 2.72 bits per heavy atom. The zero-order chi connectivity index (χ0) is 13.5. The Morgan fingerprint density at radius 2 is 2.17 bits per heavy atom. The average Bonchev–Trinajstić information content (AvgIpc) is 2.81. The third-order valence-corrected chi connectivity index (χ3v) is 3.25. The van der Waals surface area contributed by atoms with Crippen LogP contribution < -0.4 is 16.4 Å². The molecule has 100 valence electrons. The first-order chi connectivity index (χ1) is 8.50. The van der Waals surface area contributed by atoms with E-state index in [1.54, 1.807) is 19.1 Å². The van der Waals surface area contributed by atoms with Gasteiger partial charge in [0.1, 0.15) is 6.04 Å². The second kappa shape index (κ2) is 7.13. The summed E-state index contributed by atoms with van der Waals surface area (Å²) >= 11 is 1.35. The smallest absolute Gasteiger partial charge is 0.261 e. The molecule has 0 spiro atoms. The van der Waals surface area contributed by atoms with E-state index >= 15 is 0 Å². The van der Waals surface area contributed by atoms with Crippen LogP contribution in [0, 0.1) is 0 Å². The molecule has 0 radical (unpaired) electrons. The molecule has 0 bridgehead atoms. The van der Waals surface area contributed by atoms with E-state index in [-0.39, 0.29) is 17.9 Å². The minimum Gasteiger partial charge on any atom is -0.354 e. The van der Waals surface area contributed by atoms with Crippen LogP contribution in [0.3, 0.4) is 0 Å². The molecule has 0 saturated heterocycles. The second-order valence-corrected chi connectivity index (χ2v) is 5.18. The first-order valence-electron chi connectivity index (χ1n) is 5.88. The molecular formula is C12H19N3O2S. The van der Waals surface area contributed by atoms with Crippen LogP contribution in [0.15, 0.2) is 17.5 Å². The highest BCUT2D eigenvalue weighted by Crippen LogP contribution is 2.07. The summed E-state index contributed by atoms with van der Waals surface area (Å²) < 4.78 is 0. The van der Waals surface area contributed by atoms with Gasteiger partial charge in [-0.2, -0.15) is 0 Å². The number of carbonyl (C=O) groups is 2. The third kappa shape index (κ3) is 4.85. The summed E-state index contributed by atoms with van der Waals surface area (Å²) in [5, 5.41) is 7.20. The maximum Gasteiger partial charge on any atom is 0.261 e. The van der Waals surface area contributed by atoms with Crippen molar-refractivity contribution in [3.8, 4) is 0 Å². The Hall–Kier alpha value is -1.40. The fourth-order valence-corrected chi connectivity index (χ4v) is 1.94. The largest absolute Gasteiger partial charge is 0.354 e. The van der Waals surface area contributed by atoms with E-state index in [1.165, 1.54) is 11.3 Å². The molecule has 1 heterocycles. The number of nitrogens with one attached hydrogen (secondary N) is 2. The quantitative estimate of drug-likeness (QED) is 0.711. The van der Waals surface area contributed by atoms with Gasteiger partial charge in [-0.25, -0.2) is 0 Å². The first kappa shape index (κ1) is 14.7. The fourth-order valence-electron chi connectivity index (χ4n) is 1.32. The fraction of sp³-hybridized carbons (Fsp3) is 0.500. The van der Waals surface area contributed by atoms with Crippen LogP contribution in [-0.4, -0.2) is 30.4 Å². The second-order valence-electron chi connectivity index (χ2n) is 4.23. The van der Waals surface area contributed by atoms with Crippen LogP contribution in [0.4, 0.5) is 0 Å². The molecule has 5 nitrogen and oxygen atoms in total. The lowest BCUT2D eigenvalue weighted by atomic mass is 10.2. The summed E-state index contributed by atoms with van der Waals surface area (Å²) in [5.41, 5.74) is 5.58. The number of nitrogens with two attached hydrogens (primary N) is 1. The van der Waals surface area contributed by atoms with Gasteiger partial charge in [0.25, 0.3) is 5.91 Å². The Kier molecular flexibility index (Phi) is 5.80. The summed E-state index contributed by atoms with van der Waals surface area (Å²) in [6.45, 7) is 4.07. The topological polar surface area (TPSA) is 84.2 Å². The SMILES string of the molecule is CC(N)CCNC(=O)C(C)NC(=O)c1cccs1. The van der Waals surface area contributed by atoms with Crippen LogP contribution >= 0.6 is 11.3 Å². The van der Waals surface area contributed by atoms with Gasteiger partial charge in [-0.05, 0) is 31.7 Å². The predicted molar refractivity (Wildman–Crippen MR) is 72.5 cm³/mol. The van der Waals surface area contributed by atoms with E-state index in [9.17, 15) is 9.59 Å². The highest BCUT2D eigenvalue weighted by atomic mass is 32.1. The molecule has 0 aromatic carbocycles. The molecule has 0 aliphatic heterocycles. The van der Waals surface area contributed by atoms with Gasteiger partial charge in [0, 0.05) is 12.6 Å². The van der Waals surface area contributed by atoms with Crippen molar-refractivity contribution in [2.24, 2.45) is 5.73 Å². The molecule has 2 amide bonds. The Balaban J connectivity index is 2.33. The third-order valence-electron chi connectivity index (χ3n) is 2.38. The molecule has 0 saturated carbocycles. The average molecular weight is 269 g/mol. The highest BCUT2D eigenvalue weighted by Gasteiger charge is 2.16. The van der Waals surface area contributed by atoms with E-state index in [4.69, 9.17) is 5.73 Å². The number of amides is 2. The number of carbonyl (C=O) groups excluding carboxylic acids is 2. The Bertz CT molecular complexity index is 390. The molecule has 2 atom stereocenters. The van der Waals surface area contributed by atoms with Gasteiger partial charge in [-0.1, -0.05) is 6.07 Å². The van der Waals surface area contributed by atoms with Crippen LogP contribution in [-0.2, 0) is 4.79 Å². The van der Waals surface area contributed by atoms with Crippen molar-refractivity contribution in [1.29, 1.82) is 0 Å². The van der Waals surface area contributed by atoms with Crippen molar-refractivity contribution < 1.29 is 9.59 Å². The minimum atomic E-state index is -0.548. The van der Waals surface area contributed by atoms with Crippen LogP contribution in [0.1, 0.15) is 29.9 Å². The van der Waals surface area contributed by atoms with Gasteiger partial charge in [0.15, 0.2) is 0 Å². The Morgan fingerprint density at radius 1 is 1.44 bits per heavy atom. The molecule has 1 aromatic rings. The zero-order valence-electron chi connectivity index (χ0n) is 10.6. The van der Waals surface area contributed by atoms with E-state index < -0.39 is 6.04 Å². The molecule has 18 heavy (non-hydrogen) atoms. The number of thiophene rings is 1. The summed E-state index contributed by atoms with van der Waals surface area (Å²) in [4.78, 5) is 24.0. The molecule has 0 aliphatic rings. The van der Waals surface area contributed by atoms with Gasteiger partial charge in [-0.15, -0.1) is 11.3 Å². The highest BCUT2D eigenvalue weighted by molar-refractivity contribution is 7.12. The molecule has 1 aromatic heterocycles. The van der Waals surface area contributed by atoms with Crippen LogP contribution in [0.25, 0.3) is 0 Å². The van der Waals surface area contributed by atoms with Crippen molar-refractivity contribution in [1.82, 2.24) is 10.6 Å². The molecule has 0 aliphatic carbocycles. The Labute approximate surface area is 111 Å². The van der Waals surface area contributed by atoms with Crippen molar-refractivity contribution in [2.75, 3.05) is 6.54 Å². The molecule has 4 N–H and O–H groups in total. The van der Waals surface area contributed by atoms with Gasteiger partial charge in [0.05, 0.1) is 4.88 Å². The lowest BCUT2D eigenvalue weighted by molar-refractivity contribution is -0.122. The van der Waals surface area contributed by atoms with Crippen molar-refractivity contribution in [2.45, 2.75) is 32.4 Å². The lowest BCUT2D eigenvalue weighted by Crippen LogP contribution is -2.45. The van der Waals surface area contributed by atoms with Gasteiger partial charge >= 0.3 is 0 Å². The molecule has 0 fully saturated rings. The van der Waals surface area contributed by atoms with Gasteiger partial charge < -0.3 is 16.4 Å². The van der Waals surface area contributed by atoms with Crippen LogP contribution in [0.2, 0.25) is 0 Å². The maximum atomic E-state index is 11.7. The van der Waals surface area contributed by atoms with Crippen LogP contribution in [0.5, 0.6) is 0 Å². The monoisotopic (exact) mass is 269 g/mol. The summed E-state index contributed by atoms with van der Waals surface area (Å²) in [7, 11) is 0. The van der Waals surface area contributed by atoms with Crippen molar-refractivity contribution >= 4 is 23.2 Å². The van der Waals surface area contributed by atoms with Gasteiger partial charge in [-0.3, -0.25) is 9.59 Å². The molecule has 2 unspecified atom stereocenters. The van der Waals surface area contributed by atoms with E-state index in [2.05, 4.69) is 10.6 Å². The van der Waals surface area contributed by atoms with E-state index in [0.717, 1.165) is 6.42 Å².